The second-order valence-electron chi connectivity index (χ2n) is 6.31. The molecule has 3 aromatic carbocycles. The maximum Gasteiger partial charge on any atom is 0.245 e. The van der Waals surface area contributed by atoms with Crippen molar-refractivity contribution in [1.82, 2.24) is 0 Å². The molecule has 0 saturated heterocycles. The van der Waals surface area contributed by atoms with Crippen LogP contribution in [0.25, 0.3) is 10.8 Å². The Bertz CT molecular complexity index is 1110. The van der Waals surface area contributed by atoms with Crippen molar-refractivity contribution in [1.29, 1.82) is 0 Å². The lowest BCUT2D eigenvalue weighted by molar-refractivity contribution is -0.114. The van der Waals surface area contributed by atoms with Gasteiger partial charge in [0.2, 0.25) is 15.9 Å². The summed E-state index contributed by atoms with van der Waals surface area (Å²) >= 11 is 6.11. The summed E-state index contributed by atoms with van der Waals surface area (Å²) in [7, 11) is -3.66. The topological polar surface area (TPSA) is 66.5 Å². The molecule has 140 valence electrons. The zero-order chi connectivity index (χ0) is 19.6. The van der Waals surface area contributed by atoms with Crippen LogP contribution in [0.1, 0.15) is 5.56 Å². The van der Waals surface area contributed by atoms with E-state index in [1.807, 2.05) is 43.3 Å². The van der Waals surface area contributed by atoms with Gasteiger partial charge < -0.3 is 5.32 Å². The third-order valence-electron chi connectivity index (χ3n) is 4.16. The summed E-state index contributed by atoms with van der Waals surface area (Å²) in [5, 5.41) is 5.24. The average Bonchev–Trinajstić information content (AvgIpc) is 2.61. The number of nitrogens with zero attached hydrogens (tertiary/aromatic N) is 1. The molecule has 0 heterocycles. The Morgan fingerprint density at radius 3 is 2.41 bits per heavy atom. The van der Waals surface area contributed by atoms with Gasteiger partial charge in [-0.1, -0.05) is 48.0 Å². The predicted molar refractivity (Wildman–Crippen MR) is 111 cm³/mol. The minimum atomic E-state index is -3.66. The van der Waals surface area contributed by atoms with Crippen molar-refractivity contribution in [3.63, 3.8) is 0 Å². The minimum Gasteiger partial charge on any atom is -0.324 e. The summed E-state index contributed by atoms with van der Waals surface area (Å²) < 4.78 is 25.4. The van der Waals surface area contributed by atoms with Gasteiger partial charge in [-0.25, -0.2) is 8.42 Å². The quantitative estimate of drug-likeness (QED) is 0.695. The molecular formula is C20H19ClN2O3S. The van der Waals surface area contributed by atoms with Crippen LogP contribution >= 0.6 is 11.6 Å². The number of carbonyl (C=O) groups excluding carboxylic acids is 1. The zero-order valence-electron chi connectivity index (χ0n) is 14.9. The highest BCUT2D eigenvalue weighted by atomic mass is 35.5. The van der Waals surface area contributed by atoms with E-state index in [-0.39, 0.29) is 6.54 Å². The van der Waals surface area contributed by atoms with Gasteiger partial charge in [-0.15, -0.1) is 0 Å². The summed E-state index contributed by atoms with van der Waals surface area (Å²) in [4.78, 5) is 12.5. The first-order chi connectivity index (χ1) is 12.7. The Balaban J connectivity index is 1.82. The van der Waals surface area contributed by atoms with E-state index in [0.29, 0.717) is 16.4 Å². The van der Waals surface area contributed by atoms with Gasteiger partial charge in [0.05, 0.1) is 11.9 Å². The summed E-state index contributed by atoms with van der Waals surface area (Å²) in [5.74, 6) is -0.438. The van der Waals surface area contributed by atoms with Crippen LogP contribution in [0.2, 0.25) is 5.02 Å². The number of nitrogens with one attached hydrogen (secondary N) is 1. The van der Waals surface area contributed by atoms with E-state index in [9.17, 15) is 13.2 Å². The van der Waals surface area contributed by atoms with Gasteiger partial charge >= 0.3 is 0 Å². The molecule has 3 rings (SSSR count). The molecule has 3 aromatic rings. The minimum absolute atomic E-state index is 0.342. The van der Waals surface area contributed by atoms with Crippen molar-refractivity contribution in [3.05, 3.63) is 71.2 Å². The summed E-state index contributed by atoms with van der Waals surface area (Å²) in [6, 6.07) is 18.2. The molecule has 0 aliphatic rings. The Morgan fingerprint density at radius 2 is 1.74 bits per heavy atom. The summed E-state index contributed by atoms with van der Waals surface area (Å²) in [6.07, 6.45) is 1.06. The maximum atomic E-state index is 12.5. The van der Waals surface area contributed by atoms with Crippen molar-refractivity contribution in [2.45, 2.75) is 6.92 Å². The molecule has 27 heavy (non-hydrogen) atoms. The molecular weight excluding hydrogens is 384 g/mol. The number of benzene rings is 3. The largest absolute Gasteiger partial charge is 0.324 e. The molecule has 0 atom stereocenters. The molecule has 0 aliphatic heterocycles. The van der Waals surface area contributed by atoms with Gasteiger partial charge in [0.25, 0.3) is 0 Å². The van der Waals surface area contributed by atoms with Crippen molar-refractivity contribution >= 4 is 49.7 Å². The molecule has 0 spiro atoms. The molecule has 5 nitrogen and oxygen atoms in total. The molecule has 0 aromatic heterocycles. The smallest absolute Gasteiger partial charge is 0.245 e. The highest BCUT2D eigenvalue weighted by molar-refractivity contribution is 7.92. The van der Waals surface area contributed by atoms with E-state index in [1.165, 1.54) is 0 Å². The Kier molecular flexibility index (Phi) is 5.39. The Labute approximate surface area is 163 Å². The standard InChI is InChI=1S/C20H19ClN2O3S/c1-14-7-10-18(12-19(14)21)23(27(2,25)26)13-20(24)22-17-9-8-15-5-3-4-6-16(15)11-17/h3-12H,13H2,1-2H3,(H,22,24). The fourth-order valence-corrected chi connectivity index (χ4v) is 3.76. The first-order valence-corrected chi connectivity index (χ1v) is 10.5. The van der Waals surface area contributed by atoms with Crippen LogP contribution in [-0.2, 0) is 14.8 Å². The summed E-state index contributed by atoms with van der Waals surface area (Å²) in [5.41, 5.74) is 1.78. The van der Waals surface area contributed by atoms with Gasteiger partial charge in [0.15, 0.2) is 0 Å². The van der Waals surface area contributed by atoms with Crippen LogP contribution < -0.4 is 9.62 Å². The number of anilines is 2. The van der Waals surface area contributed by atoms with Gasteiger partial charge in [0.1, 0.15) is 6.54 Å². The molecule has 0 radical (unpaired) electrons. The number of amides is 1. The van der Waals surface area contributed by atoms with Crippen molar-refractivity contribution in [2.24, 2.45) is 0 Å². The van der Waals surface area contributed by atoms with Crippen LogP contribution in [0.4, 0.5) is 11.4 Å². The van der Waals surface area contributed by atoms with Crippen LogP contribution in [-0.4, -0.2) is 27.1 Å². The summed E-state index contributed by atoms with van der Waals surface area (Å²) in [6.45, 7) is 1.48. The SMILES string of the molecule is Cc1ccc(N(CC(=O)Nc2ccc3ccccc3c2)S(C)(=O)=O)cc1Cl. The average molecular weight is 403 g/mol. The predicted octanol–water partition coefficient (Wildman–Crippen LogP) is 4.21. The van der Waals surface area contributed by atoms with E-state index >= 15 is 0 Å². The molecule has 0 unspecified atom stereocenters. The highest BCUT2D eigenvalue weighted by Crippen LogP contribution is 2.25. The highest BCUT2D eigenvalue weighted by Gasteiger charge is 2.21. The van der Waals surface area contributed by atoms with Crippen molar-refractivity contribution in [3.8, 4) is 0 Å². The van der Waals surface area contributed by atoms with E-state index < -0.39 is 15.9 Å². The van der Waals surface area contributed by atoms with Crippen LogP contribution in [0, 0.1) is 6.92 Å². The molecule has 7 heteroatoms. The van der Waals surface area contributed by atoms with E-state index in [1.54, 1.807) is 24.3 Å². The molecule has 0 aliphatic carbocycles. The van der Waals surface area contributed by atoms with Gasteiger partial charge in [-0.2, -0.15) is 0 Å². The number of halogens is 1. The van der Waals surface area contributed by atoms with E-state index in [2.05, 4.69) is 5.32 Å². The third kappa shape index (κ3) is 4.59. The monoisotopic (exact) mass is 402 g/mol. The lowest BCUT2D eigenvalue weighted by Crippen LogP contribution is -2.37. The van der Waals surface area contributed by atoms with E-state index in [4.69, 9.17) is 11.6 Å². The maximum absolute atomic E-state index is 12.5. The number of sulfonamides is 1. The molecule has 1 N–H and O–H groups in total. The zero-order valence-corrected chi connectivity index (χ0v) is 16.5. The van der Waals surface area contributed by atoms with Gasteiger partial charge in [-0.3, -0.25) is 9.10 Å². The number of hydrogen-bond donors (Lipinski definition) is 1. The molecule has 0 fully saturated rings. The molecule has 0 bridgehead atoms. The van der Waals surface area contributed by atoms with Crippen molar-refractivity contribution in [2.75, 3.05) is 22.4 Å². The Hall–Kier alpha value is -2.57. The fourth-order valence-electron chi connectivity index (χ4n) is 2.73. The van der Waals surface area contributed by atoms with Gasteiger partial charge in [-0.05, 0) is 47.5 Å². The van der Waals surface area contributed by atoms with Crippen LogP contribution in [0.15, 0.2) is 60.7 Å². The normalized spacial score (nSPS) is 11.4. The molecule has 0 saturated carbocycles. The number of rotatable bonds is 5. The fraction of sp³-hybridized carbons (Fsp3) is 0.150. The second-order valence-corrected chi connectivity index (χ2v) is 8.63. The van der Waals surface area contributed by atoms with Gasteiger partial charge in [0, 0.05) is 10.7 Å². The van der Waals surface area contributed by atoms with Crippen LogP contribution in [0.3, 0.4) is 0 Å². The van der Waals surface area contributed by atoms with Crippen LogP contribution in [0.5, 0.6) is 0 Å². The first kappa shape index (κ1) is 19.2. The van der Waals surface area contributed by atoms with E-state index in [0.717, 1.165) is 26.9 Å². The lowest BCUT2D eigenvalue weighted by atomic mass is 10.1. The number of carbonyl (C=O) groups is 1. The number of aryl methyl sites for hydroxylation is 1. The molecule has 1 amide bonds. The third-order valence-corrected chi connectivity index (χ3v) is 5.71. The first-order valence-electron chi connectivity index (χ1n) is 8.26. The number of hydrogen-bond acceptors (Lipinski definition) is 3. The van der Waals surface area contributed by atoms with Crippen molar-refractivity contribution < 1.29 is 13.2 Å². The lowest BCUT2D eigenvalue weighted by Gasteiger charge is -2.22. The second kappa shape index (κ2) is 7.58. The Morgan fingerprint density at radius 1 is 1.04 bits per heavy atom. The number of fused-ring (bicyclic) bond motifs is 1.